The van der Waals surface area contributed by atoms with Crippen molar-refractivity contribution in [3.05, 3.63) is 93.5 Å². The lowest BCUT2D eigenvalue weighted by atomic mass is 9.88. The van der Waals surface area contributed by atoms with E-state index in [1.807, 2.05) is 29.3 Å². The van der Waals surface area contributed by atoms with Crippen LogP contribution in [0.25, 0.3) is 5.57 Å². The van der Waals surface area contributed by atoms with Gasteiger partial charge >= 0.3 is 0 Å². The fraction of sp³-hybridized carbons (Fsp3) is 0.296. The summed E-state index contributed by atoms with van der Waals surface area (Å²) in [6.45, 7) is 1.47. The summed E-state index contributed by atoms with van der Waals surface area (Å²) in [5, 5.41) is 0.776. The van der Waals surface area contributed by atoms with E-state index in [1.165, 1.54) is 32.7 Å². The van der Waals surface area contributed by atoms with Gasteiger partial charge in [-0.25, -0.2) is 0 Å². The van der Waals surface area contributed by atoms with Crippen molar-refractivity contribution < 1.29 is 4.79 Å². The van der Waals surface area contributed by atoms with Gasteiger partial charge in [0, 0.05) is 47.2 Å². The third-order valence-electron chi connectivity index (χ3n) is 6.60. The van der Waals surface area contributed by atoms with E-state index in [2.05, 4.69) is 29.4 Å². The molecule has 0 unspecified atom stereocenters. The topological polar surface area (TPSA) is 46.1 Å². The third-order valence-corrected chi connectivity index (χ3v) is 7.66. The number of thioether (sulfide) groups is 1. The number of aryl methyl sites for hydroxylation is 1. The molecule has 0 N–H and O–H groups in total. The van der Waals surface area contributed by atoms with Crippen LogP contribution in [0.1, 0.15) is 40.8 Å². The molecular weight excluding hydrogens is 450 g/mol. The highest BCUT2D eigenvalue weighted by Gasteiger charge is 2.27. The highest BCUT2D eigenvalue weighted by molar-refractivity contribution is 7.98. The molecule has 3 aromatic rings. The van der Waals surface area contributed by atoms with E-state index in [-0.39, 0.29) is 5.91 Å². The summed E-state index contributed by atoms with van der Waals surface area (Å²) < 4.78 is 0. The molecule has 1 fully saturated rings. The maximum absolute atomic E-state index is 12.9. The van der Waals surface area contributed by atoms with Gasteiger partial charge in [0.1, 0.15) is 0 Å². The minimum Gasteiger partial charge on any atom is -0.342 e. The number of pyridine rings is 2. The zero-order chi connectivity index (χ0) is 22.8. The second-order valence-electron chi connectivity index (χ2n) is 8.54. The van der Waals surface area contributed by atoms with Crippen LogP contribution in [-0.4, -0.2) is 40.1 Å². The number of fused-ring (bicyclic) bond motifs is 2. The molecule has 168 valence electrons. The molecule has 3 heterocycles. The zero-order valence-electron chi connectivity index (χ0n) is 18.7. The number of piperidine rings is 1. The van der Waals surface area contributed by atoms with Crippen molar-refractivity contribution >= 4 is 34.8 Å². The molecular formula is C27H26ClN3OS. The highest BCUT2D eigenvalue weighted by atomic mass is 35.5. The number of hydrogen-bond acceptors (Lipinski definition) is 4. The fourth-order valence-electron chi connectivity index (χ4n) is 4.95. The Labute approximate surface area is 204 Å². The van der Waals surface area contributed by atoms with Crippen molar-refractivity contribution in [3.8, 4) is 0 Å². The van der Waals surface area contributed by atoms with Crippen molar-refractivity contribution in [3.63, 3.8) is 0 Å². The van der Waals surface area contributed by atoms with E-state index < -0.39 is 0 Å². The van der Waals surface area contributed by atoms with Gasteiger partial charge in [-0.15, -0.1) is 11.8 Å². The number of benzene rings is 1. The Balaban J connectivity index is 1.48. The van der Waals surface area contributed by atoms with Gasteiger partial charge in [0.05, 0.1) is 12.1 Å². The summed E-state index contributed by atoms with van der Waals surface area (Å²) in [6.07, 6.45) is 11.6. The van der Waals surface area contributed by atoms with E-state index in [4.69, 9.17) is 16.6 Å². The summed E-state index contributed by atoms with van der Waals surface area (Å²) in [4.78, 5) is 25.2. The first-order chi connectivity index (χ1) is 16.1. The van der Waals surface area contributed by atoms with Crippen LogP contribution >= 0.6 is 23.4 Å². The number of carbonyl (C=O) groups is 1. The summed E-state index contributed by atoms with van der Waals surface area (Å²) in [6, 6.07) is 12.2. The summed E-state index contributed by atoms with van der Waals surface area (Å²) in [7, 11) is 0. The molecule has 2 aliphatic rings. The fourth-order valence-corrected chi connectivity index (χ4v) is 5.78. The number of hydrogen-bond donors (Lipinski definition) is 0. The monoisotopic (exact) mass is 475 g/mol. The molecule has 0 radical (unpaired) electrons. The summed E-state index contributed by atoms with van der Waals surface area (Å²) >= 11 is 8.15. The van der Waals surface area contributed by atoms with Crippen LogP contribution < -0.4 is 0 Å². The van der Waals surface area contributed by atoms with Crippen LogP contribution in [0.15, 0.2) is 65.5 Å². The third kappa shape index (κ3) is 4.57. The van der Waals surface area contributed by atoms with Crippen LogP contribution in [0, 0.1) is 0 Å². The molecule has 1 amide bonds. The van der Waals surface area contributed by atoms with Crippen LogP contribution in [0.4, 0.5) is 0 Å². The molecule has 0 atom stereocenters. The predicted octanol–water partition coefficient (Wildman–Crippen LogP) is 5.62. The van der Waals surface area contributed by atoms with E-state index in [0.29, 0.717) is 6.42 Å². The minimum absolute atomic E-state index is 0.170. The minimum atomic E-state index is 0.170. The molecule has 6 heteroatoms. The maximum Gasteiger partial charge on any atom is 0.227 e. The van der Waals surface area contributed by atoms with E-state index in [0.717, 1.165) is 55.1 Å². The van der Waals surface area contributed by atoms with Gasteiger partial charge in [-0.3, -0.25) is 14.8 Å². The number of carbonyl (C=O) groups excluding carboxylic acids is 1. The van der Waals surface area contributed by atoms with Gasteiger partial charge in [-0.1, -0.05) is 29.3 Å². The SMILES string of the molecule is CSc1ccnc2c1CCc1cc(Cl)ccc1C2=C1CCN(C(=O)Cc2cccnc2)CC1. The Morgan fingerprint density at radius 2 is 1.94 bits per heavy atom. The first-order valence-electron chi connectivity index (χ1n) is 11.3. The van der Waals surface area contributed by atoms with Crippen molar-refractivity contribution in [2.24, 2.45) is 0 Å². The van der Waals surface area contributed by atoms with Crippen LogP contribution in [0.3, 0.4) is 0 Å². The maximum atomic E-state index is 12.9. The molecule has 0 bridgehead atoms. The summed E-state index contributed by atoms with van der Waals surface area (Å²) in [5.74, 6) is 0.170. The molecule has 0 spiro atoms. The van der Waals surface area contributed by atoms with Crippen molar-refractivity contribution in [2.45, 2.75) is 37.0 Å². The normalized spacial score (nSPS) is 15.6. The van der Waals surface area contributed by atoms with Crippen molar-refractivity contribution in [1.29, 1.82) is 0 Å². The van der Waals surface area contributed by atoms with Gasteiger partial charge in [0.2, 0.25) is 5.91 Å². The quantitative estimate of drug-likeness (QED) is 0.461. The van der Waals surface area contributed by atoms with Crippen LogP contribution in [-0.2, 0) is 24.1 Å². The van der Waals surface area contributed by atoms with Gasteiger partial charge in [0.15, 0.2) is 0 Å². The number of rotatable bonds is 3. The van der Waals surface area contributed by atoms with Crippen molar-refractivity contribution in [1.82, 2.24) is 14.9 Å². The van der Waals surface area contributed by atoms with E-state index in [9.17, 15) is 4.79 Å². The number of nitrogens with zero attached hydrogens (tertiary/aromatic N) is 3. The molecule has 5 rings (SSSR count). The molecule has 1 aliphatic carbocycles. The second-order valence-corrected chi connectivity index (χ2v) is 9.82. The number of amides is 1. The van der Waals surface area contributed by atoms with Crippen LogP contribution in [0.2, 0.25) is 5.02 Å². The Morgan fingerprint density at radius 1 is 1.09 bits per heavy atom. The van der Waals surface area contributed by atoms with Crippen LogP contribution in [0.5, 0.6) is 0 Å². The average molecular weight is 476 g/mol. The molecule has 1 aromatic carbocycles. The average Bonchev–Trinajstić information content (AvgIpc) is 3.01. The molecule has 4 nitrogen and oxygen atoms in total. The standard InChI is InChI=1S/C27H26ClN3OS/c1-33-24-8-12-30-27-23(24)6-4-20-16-21(28)5-7-22(20)26(27)19-9-13-31(14-10-19)25(32)15-18-3-2-11-29-17-18/h2-3,5,7-8,11-12,16-17H,4,6,9-10,13-15H2,1H3. The Kier molecular flexibility index (Phi) is 6.52. The number of halogens is 1. The Hall–Kier alpha value is -2.63. The smallest absolute Gasteiger partial charge is 0.227 e. The van der Waals surface area contributed by atoms with Gasteiger partial charge in [-0.2, -0.15) is 0 Å². The lowest BCUT2D eigenvalue weighted by Crippen LogP contribution is -2.37. The van der Waals surface area contributed by atoms with Gasteiger partial charge < -0.3 is 4.90 Å². The van der Waals surface area contributed by atoms with E-state index in [1.54, 1.807) is 24.2 Å². The summed E-state index contributed by atoms with van der Waals surface area (Å²) in [5.41, 5.74) is 8.56. The molecule has 2 aromatic heterocycles. The lowest BCUT2D eigenvalue weighted by molar-refractivity contribution is -0.130. The molecule has 0 saturated carbocycles. The largest absolute Gasteiger partial charge is 0.342 e. The zero-order valence-corrected chi connectivity index (χ0v) is 20.3. The van der Waals surface area contributed by atoms with Gasteiger partial charge in [-0.05, 0) is 78.5 Å². The number of aromatic nitrogens is 2. The van der Waals surface area contributed by atoms with E-state index >= 15 is 0 Å². The Bertz CT molecular complexity index is 1220. The predicted molar refractivity (Wildman–Crippen MR) is 135 cm³/mol. The Morgan fingerprint density at radius 3 is 2.70 bits per heavy atom. The second kappa shape index (κ2) is 9.70. The molecule has 1 aliphatic heterocycles. The highest BCUT2D eigenvalue weighted by Crippen LogP contribution is 2.40. The van der Waals surface area contributed by atoms with Crippen molar-refractivity contribution in [2.75, 3.05) is 19.3 Å². The molecule has 1 saturated heterocycles. The first kappa shape index (κ1) is 22.2. The van der Waals surface area contributed by atoms with Gasteiger partial charge in [0.25, 0.3) is 0 Å². The molecule has 33 heavy (non-hydrogen) atoms. The first-order valence-corrected chi connectivity index (χ1v) is 12.9. The number of likely N-dealkylation sites (tertiary alicyclic amines) is 1. The lowest BCUT2D eigenvalue weighted by Gasteiger charge is -2.30.